The van der Waals surface area contributed by atoms with Gasteiger partial charge in [-0.15, -0.1) is 0 Å². The largest absolute Gasteiger partial charge is 0.0770 e. The minimum atomic E-state index is 1.17. The van der Waals surface area contributed by atoms with Gasteiger partial charge in [0.05, 0.1) is 0 Å². The predicted octanol–water partition coefficient (Wildman–Crippen LogP) is 4.00. The lowest BCUT2D eigenvalue weighted by atomic mass is 9.88. The van der Waals surface area contributed by atoms with Crippen molar-refractivity contribution in [3.05, 3.63) is 57.5 Å². The molecule has 0 atom stereocenters. The van der Waals surface area contributed by atoms with Crippen molar-refractivity contribution in [2.75, 3.05) is 0 Å². The Morgan fingerprint density at radius 1 is 0.800 bits per heavy atom. The van der Waals surface area contributed by atoms with E-state index in [2.05, 4.69) is 36.4 Å². The average Bonchev–Trinajstić information content (AvgIpc) is 3.09. The first kappa shape index (κ1) is 12.2. The summed E-state index contributed by atoms with van der Waals surface area (Å²) in [6.07, 6.45) is 15.3. The van der Waals surface area contributed by atoms with Crippen molar-refractivity contribution in [3.8, 4) is 0 Å². The fourth-order valence-electron chi connectivity index (χ4n) is 4.06. The minimum Gasteiger partial charge on any atom is -0.0770 e. The zero-order valence-corrected chi connectivity index (χ0v) is 12.1. The summed E-state index contributed by atoms with van der Waals surface area (Å²) in [5, 5.41) is 2.95. The number of benzene rings is 1. The molecule has 3 aliphatic carbocycles. The highest BCUT2D eigenvalue weighted by atomic mass is 14.3. The molecular weight excluding hydrogens is 240 g/mol. The van der Waals surface area contributed by atoms with E-state index in [1.54, 1.807) is 22.3 Å². The summed E-state index contributed by atoms with van der Waals surface area (Å²) in [7, 11) is 0. The lowest BCUT2D eigenvalue weighted by molar-refractivity contribution is 0.676. The number of rotatable bonds is 3. The molecule has 1 saturated carbocycles. The van der Waals surface area contributed by atoms with Gasteiger partial charge in [-0.1, -0.05) is 47.6 Å². The standard InChI is InChI=1S/C20H22/c1-3-7-19-15(5-1)9-11-17(19)13-14-18-12-10-16-6-2-4-8-20(16)18/h1,3,5,7,9-10H,2,4,6,8,11-14H2. The minimum absolute atomic E-state index is 1.17. The second kappa shape index (κ2) is 5.09. The molecule has 0 saturated heterocycles. The summed E-state index contributed by atoms with van der Waals surface area (Å²) in [5.74, 6) is 0. The summed E-state index contributed by atoms with van der Waals surface area (Å²) in [6, 6.07) is 8.87. The second-order valence-corrected chi connectivity index (χ2v) is 6.32. The Bertz CT molecular complexity index is 713. The van der Waals surface area contributed by atoms with E-state index in [0.717, 1.165) is 0 Å². The maximum absolute atomic E-state index is 2.50. The number of hydrogen-bond donors (Lipinski definition) is 0. The second-order valence-electron chi connectivity index (χ2n) is 6.32. The molecule has 0 N–H and O–H groups in total. The Labute approximate surface area is 121 Å². The Balaban J connectivity index is 1.55. The Morgan fingerprint density at radius 2 is 1.60 bits per heavy atom. The van der Waals surface area contributed by atoms with E-state index in [4.69, 9.17) is 0 Å². The third-order valence-electron chi connectivity index (χ3n) is 5.17. The first-order chi connectivity index (χ1) is 9.92. The van der Waals surface area contributed by atoms with Gasteiger partial charge in [-0.05, 0) is 73.0 Å². The molecule has 1 fully saturated rings. The van der Waals surface area contributed by atoms with Crippen molar-refractivity contribution in [2.24, 2.45) is 0 Å². The van der Waals surface area contributed by atoms with Gasteiger partial charge in [-0.3, -0.25) is 0 Å². The molecule has 0 unspecified atom stereocenters. The SMILES string of the molecule is C1=C2CCCCC2=C(CCC2=c3ccccc3=CC2)C1. The van der Waals surface area contributed by atoms with Crippen LogP contribution in [-0.4, -0.2) is 0 Å². The van der Waals surface area contributed by atoms with Crippen LogP contribution < -0.4 is 10.4 Å². The fraction of sp³-hybridized carbons (Fsp3) is 0.400. The van der Waals surface area contributed by atoms with Crippen LogP contribution in [-0.2, 0) is 0 Å². The molecule has 3 aliphatic rings. The van der Waals surface area contributed by atoms with Crippen molar-refractivity contribution in [2.45, 2.75) is 51.4 Å². The van der Waals surface area contributed by atoms with Crippen molar-refractivity contribution in [1.29, 1.82) is 0 Å². The molecule has 0 amide bonds. The maximum atomic E-state index is 2.50. The molecule has 102 valence electrons. The van der Waals surface area contributed by atoms with E-state index < -0.39 is 0 Å². The predicted molar refractivity (Wildman–Crippen MR) is 85.6 cm³/mol. The Hall–Kier alpha value is -1.56. The quantitative estimate of drug-likeness (QED) is 0.772. The molecule has 1 aromatic rings. The highest BCUT2D eigenvalue weighted by molar-refractivity contribution is 5.59. The van der Waals surface area contributed by atoms with Crippen LogP contribution in [0.3, 0.4) is 0 Å². The number of allylic oxidation sites excluding steroid dienone is 4. The maximum Gasteiger partial charge on any atom is -0.0120 e. The van der Waals surface area contributed by atoms with Crippen molar-refractivity contribution in [1.82, 2.24) is 0 Å². The van der Waals surface area contributed by atoms with Gasteiger partial charge in [-0.25, -0.2) is 0 Å². The van der Waals surface area contributed by atoms with E-state index >= 15 is 0 Å². The molecule has 0 heteroatoms. The van der Waals surface area contributed by atoms with Crippen LogP contribution in [0.4, 0.5) is 0 Å². The van der Waals surface area contributed by atoms with Crippen LogP contribution in [0.25, 0.3) is 11.6 Å². The topological polar surface area (TPSA) is 0 Å². The van der Waals surface area contributed by atoms with Crippen molar-refractivity contribution in [3.63, 3.8) is 0 Å². The third-order valence-corrected chi connectivity index (χ3v) is 5.17. The number of fused-ring (bicyclic) bond motifs is 2. The molecule has 0 bridgehead atoms. The molecule has 0 heterocycles. The zero-order chi connectivity index (χ0) is 13.4. The lowest BCUT2D eigenvalue weighted by Crippen LogP contribution is -2.21. The average molecular weight is 262 g/mol. The van der Waals surface area contributed by atoms with Gasteiger partial charge in [0, 0.05) is 0 Å². The fourth-order valence-corrected chi connectivity index (χ4v) is 4.06. The third kappa shape index (κ3) is 2.08. The summed E-state index contributed by atoms with van der Waals surface area (Å²) in [5.41, 5.74) is 6.83. The molecule has 0 aliphatic heterocycles. The van der Waals surface area contributed by atoms with Crippen LogP contribution in [0.2, 0.25) is 0 Å². The summed E-state index contributed by atoms with van der Waals surface area (Å²) >= 11 is 0. The molecule has 0 aromatic heterocycles. The van der Waals surface area contributed by atoms with Crippen molar-refractivity contribution >= 4 is 11.6 Å². The van der Waals surface area contributed by atoms with E-state index in [1.165, 1.54) is 61.8 Å². The molecule has 1 aromatic carbocycles. The zero-order valence-electron chi connectivity index (χ0n) is 12.1. The van der Waals surface area contributed by atoms with Crippen molar-refractivity contribution < 1.29 is 0 Å². The van der Waals surface area contributed by atoms with E-state index in [1.807, 2.05) is 0 Å². The van der Waals surface area contributed by atoms with Crippen LogP contribution in [0, 0.1) is 0 Å². The highest BCUT2D eigenvalue weighted by Gasteiger charge is 2.20. The monoisotopic (exact) mass is 262 g/mol. The van der Waals surface area contributed by atoms with E-state index in [0.29, 0.717) is 0 Å². The highest BCUT2D eigenvalue weighted by Crippen LogP contribution is 2.39. The molecule has 4 rings (SSSR count). The van der Waals surface area contributed by atoms with Gasteiger partial charge in [0.1, 0.15) is 0 Å². The van der Waals surface area contributed by atoms with Gasteiger partial charge in [0.25, 0.3) is 0 Å². The van der Waals surface area contributed by atoms with Crippen LogP contribution in [0.1, 0.15) is 51.4 Å². The van der Waals surface area contributed by atoms with Gasteiger partial charge in [-0.2, -0.15) is 0 Å². The van der Waals surface area contributed by atoms with Crippen LogP contribution >= 0.6 is 0 Å². The smallest absolute Gasteiger partial charge is 0.0120 e. The summed E-state index contributed by atoms with van der Waals surface area (Å²) < 4.78 is 0. The van der Waals surface area contributed by atoms with Gasteiger partial charge in [0.15, 0.2) is 0 Å². The molecule has 0 radical (unpaired) electrons. The molecular formula is C20H22. The van der Waals surface area contributed by atoms with Gasteiger partial charge < -0.3 is 0 Å². The first-order valence-electron chi connectivity index (χ1n) is 8.09. The lowest BCUT2D eigenvalue weighted by Gasteiger charge is -2.17. The normalized spacial score (nSPS) is 20.6. The Kier molecular flexibility index (Phi) is 3.10. The Morgan fingerprint density at radius 3 is 2.60 bits per heavy atom. The number of hydrogen-bond acceptors (Lipinski definition) is 0. The molecule has 20 heavy (non-hydrogen) atoms. The molecule has 0 spiro atoms. The van der Waals surface area contributed by atoms with Crippen LogP contribution in [0.5, 0.6) is 0 Å². The summed E-state index contributed by atoms with van der Waals surface area (Å²) in [4.78, 5) is 0. The van der Waals surface area contributed by atoms with E-state index in [-0.39, 0.29) is 0 Å². The van der Waals surface area contributed by atoms with Gasteiger partial charge >= 0.3 is 0 Å². The first-order valence-corrected chi connectivity index (χ1v) is 8.09. The molecule has 0 nitrogen and oxygen atoms in total. The van der Waals surface area contributed by atoms with E-state index in [9.17, 15) is 0 Å². The van der Waals surface area contributed by atoms with Gasteiger partial charge in [0.2, 0.25) is 0 Å². The van der Waals surface area contributed by atoms with Crippen LogP contribution in [0.15, 0.2) is 47.1 Å². The summed E-state index contributed by atoms with van der Waals surface area (Å²) in [6.45, 7) is 0.